The first kappa shape index (κ1) is 19.6. The molecule has 3 aliphatic rings. The van der Waals surface area contributed by atoms with Crippen molar-refractivity contribution >= 4 is 11.7 Å². The van der Waals surface area contributed by atoms with Crippen LogP contribution in [0.4, 0.5) is 0 Å². The Hall–Kier alpha value is -2.67. The number of carbonyl (C=O) groups is 1. The summed E-state index contributed by atoms with van der Waals surface area (Å²) in [5.41, 5.74) is 5.28. The van der Waals surface area contributed by atoms with Crippen LogP contribution in [0.15, 0.2) is 45.8 Å². The fourth-order valence-corrected chi connectivity index (χ4v) is 4.00. The first-order valence-corrected chi connectivity index (χ1v) is 10.2. The van der Waals surface area contributed by atoms with Gasteiger partial charge in [0.15, 0.2) is 0 Å². The average molecular weight is 395 g/mol. The van der Waals surface area contributed by atoms with Gasteiger partial charge in [0.1, 0.15) is 11.3 Å². The van der Waals surface area contributed by atoms with Crippen molar-refractivity contribution in [3.63, 3.8) is 0 Å². The second-order valence-electron chi connectivity index (χ2n) is 7.79. The molecular formula is C22H27N4O3+. The Bertz CT molecular complexity index is 957. The van der Waals surface area contributed by atoms with Gasteiger partial charge in [0.25, 0.3) is 0 Å². The molecule has 2 heterocycles. The van der Waals surface area contributed by atoms with Crippen molar-refractivity contribution in [2.75, 3.05) is 6.61 Å². The van der Waals surface area contributed by atoms with Crippen molar-refractivity contribution in [2.45, 2.75) is 64.6 Å². The van der Waals surface area contributed by atoms with Crippen molar-refractivity contribution in [3.05, 3.63) is 52.4 Å². The minimum Gasteiger partial charge on any atom is -0.466 e. The Morgan fingerprint density at radius 2 is 2.14 bits per heavy atom. The number of aliphatic hydroxyl groups excluding tert-OH is 1. The van der Waals surface area contributed by atoms with Crippen LogP contribution in [-0.2, 0) is 16.1 Å². The van der Waals surface area contributed by atoms with Crippen LogP contribution >= 0.6 is 0 Å². The maximum Gasteiger partial charge on any atom is 0.306 e. The molecule has 152 valence electrons. The standard InChI is InChI=1S/C22H27N4O3/c1-4-29-21(28)11-17(18-9-5-13(2)19(12-27)23-18)16-8-10-20-22(14(16)3)24-25-26(20)15-6-7-15/h5,8-10,15,17,20,27H,4,6-7,11-12H2,1-3H3/q+1. The van der Waals surface area contributed by atoms with E-state index in [9.17, 15) is 9.90 Å². The monoisotopic (exact) mass is 395 g/mol. The molecule has 2 aliphatic carbocycles. The molecule has 0 amide bonds. The van der Waals surface area contributed by atoms with Crippen molar-refractivity contribution in [1.29, 1.82) is 0 Å². The number of pyridine rings is 1. The summed E-state index contributed by atoms with van der Waals surface area (Å²) in [6.07, 6.45) is 6.71. The summed E-state index contributed by atoms with van der Waals surface area (Å²) in [5, 5.41) is 18.5. The second-order valence-corrected chi connectivity index (χ2v) is 7.79. The Labute approximate surface area is 170 Å². The van der Waals surface area contributed by atoms with E-state index in [1.54, 1.807) is 6.92 Å². The molecule has 2 atom stereocenters. The number of carbonyl (C=O) groups excluding carboxylic acids is 1. The van der Waals surface area contributed by atoms with E-state index in [1.165, 1.54) is 0 Å². The molecule has 0 saturated heterocycles. The van der Waals surface area contributed by atoms with Crippen LogP contribution in [0.5, 0.6) is 0 Å². The summed E-state index contributed by atoms with van der Waals surface area (Å²) < 4.78 is 7.31. The largest absolute Gasteiger partial charge is 0.466 e. The maximum atomic E-state index is 12.4. The Morgan fingerprint density at radius 1 is 1.34 bits per heavy atom. The molecule has 0 bridgehead atoms. The summed E-state index contributed by atoms with van der Waals surface area (Å²) in [7, 11) is 0. The number of hydrogen-bond acceptors (Lipinski definition) is 6. The molecule has 4 rings (SSSR count). The normalized spacial score (nSPS) is 21.6. The third-order valence-corrected chi connectivity index (χ3v) is 5.80. The molecule has 1 N–H and O–H groups in total. The summed E-state index contributed by atoms with van der Waals surface area (Å²) in [6.45, 7) is 5.96. The highest BCUT2D eigenvalue weighted by atomic mass is 16.5. The Morgan fingerprint density at radius 3 is 2.83 bits per heavy atom. The molecule has 1 saturated carbocycles. The summed E-state index contributed by atoms with van der Waals surface area (Å²) >= 11 is 0. The number of allylic oxidation sites excluding steroid dienone is 2. The highest BCUT2D eigenvalue weighted by Gasteiger charge is 2.45. The second kappa shape index (κ2) is 7.99. The third kappa shape index (κ3) is 3.79. The molecule has 0 radical (unpaired) electrons. The van der Waals surface area contributed by atoms with Crippen LogP contribution in [0.3, 0.4) is 0 Å². The lowest BCUT2D eigenvalue weighted by atomic mass is 9.82. The molecule has 2 unspecified atom stereocenters. The predicted molar refractivity (Wildman–Crippen MR) is 108 cm³/mol. The van der Waals surface area contributed by atoms with E-state index in [1.807, 2.05) is 26.0 Å². The van der Waals surface area contributed by atoms with Gasteiger partial charge in [-0.2, -0.15) is 0 Å². The van der Waals surface area contributed by atoms with Crippen molar-refractivity contribution in [2.24, 2.45) is 10.3 Å². The van der Waals surface area contributed by atoms with E-state index < -0.39 is 0 Å². The lowest BCUT2D eigenvalue weighted by Gasteiger charge is -2.23. The molecular weight excluding hydrogens is 368 g/mol. The van der Waals surface area contributed by atoms with Gasteiger partial charge >= 0.3 is 5.97 Å². The van der Waals surface area contributed by atoms with Gasteiger partial charge in [0.2, 0.25) is 11.8 Å². The van der Waals surface area contributed by atoms with Crippen LogP contribution in [0, 0.1) is 6.92 Å². The van der Waals surface area contributed by atoms with E-state index >= 15 is 0 Å². The van der Waals surface area contributed by atoms with E-state index in [0.717, 1.165) is 41.0 Å². The van der Waals surface area contributed by atoms with Crippen LogP contribution < -0.4 is 0 Å². The first-order valence-electron chi connectivity index (χ1n) is 10.2. The molecule has 7 heteroatoms. The van der Waals surface area contributed by atoms with Gasteiger partial charge in [-0.25, -0.2) is 0 Å². The minimum absolute atomic E-state index is 0.0773. The Balaban J connectivity index is 1.70. The lowest BCUT2D eigenvalue weighted by molar-refractivity contribution is -0.611. The average Bonchev–Trinajstić information content (AvgIpc) is 3.46. The minimum atomic E-state index is -0.269. The predicted octanol–water partition coefficient (Wildman–Crippen LogP) is 3.17. The van der Waals surface area contributed by atoms with E-state index in [-0.39, 0.29) is 31.0 Å². The van der Waals surface area contributed by atoms with Gasteiger partial charge in [0.05, 0.1) is 30.4 Å². The van der Waals surface area contributed by atoms with E-state index in [0.29, 0.717) is 18.3 Å². The van der Waals surface area contributed by atoms with Gasteiger partial charge in [-0.15, -0.1) is 4.70 Å². The number of fused-ring (bicyclic) bond motifs is 1. The van der Waals surface area contributed by atoms with Crippen molar-refractivity contribution < 1.29 is 19.3 Å². The molecule has 0 spiro atoms. The van der Waals surface area contributed by atoms with Crippen LogP contribution in [-0.4, -0.2) is 45.2 Å². The molecule has 1 aromatic heterocycles. The molecule has 29 heavy (non-hydrogen) atoms. The molecule has 1 aliphatic heterocycles. The van der Waals surface area contributed by atoms with Crippen LogP contribution in [0.1, 0.15) is 56.0 Å². The van der Waals surface area contributed by atoms with E-state index in [2.05, 4.69) is 32.2 Å². The molecule has 1 aromatic rings. The summed E-state index contributed by atoms with van der Waals surface area (Å²) in [6, 6.07) is 4.43. The topological polar surface area (TPSA) is 87.1 Å². The third-order valence-electron chi connectivity index (χ3n) is 5.80. The SMILES string of the molecule is CCOC(=O)CC(C1=C(C)C2=NN=[N+](C3CC3)C2C=C1)c1ccc(C)c(CO)n1. The fraction of sp³-hybridized carbons (Fsp3) is 0.500. The summed E-state index contributed by atoms with van der Waals surface area (Å²) in [5.74, 6) is -0.534. The lowest BCUT2D eigenvalue weighted by Crippen LogP contribution is -2.32. The van der Waals surface area contributed by atoms with Crippen LogP contribution in [0.2, 0.25) is 0 Å². The highest BCUT2D eigenvalue weighted by Crippen LogP contribution is 2.37. The number of esters is 1. The number of hydrogen-bond donors (Lipinski definition) is 1. The zero-order valence-electron chi connectivity index (χ0n) is 17.1. The number of rotatable bonds is 7. The van der Waals surface area contributed by atoms with Gasteiger partial charge < -0.3 is 9.84 Å². The van der Waals surface area contributed by atoms with Crippen LogP contribution in [0.25, 0.3) is 0 Å². The molecule has 0 aromatic carbocycles. The number of ether oxygens (including phenoxy) is 1. The van der Waals surface area contributed by atoms with Crippen molar-refractivity contribution in [3.8, 4) is 0 Å². The quantitative estimate of drug-likeness (QED) is 0.567. The van der Waals surface area contributed by atoms with Crippen molar-refractivity contribution in [1.82, 2.24) is 4.98 Å². The number of aryl methyl sites for hydroxylation is 1. The fourth-order valence-electron chi connectivity index (χ4n) is 4.00. The van der Waals surface area contributed by atoms with Gasteiger partial charge in [0, 0.05) is 17.2 Å². The Kier molecular flexibility index (Phi) is 5.41. The van der Waals surface area contributed by atoms with E-state index in [4.69, 9.17) is 4.74 Å². The summed E-state index contributed by atoms with van der Waals surface area (Å²) in [4.78, 5) is 17.0. The molecule has 1 fully saturated rings. The van der Waals surface area contributed by atoms with Gasteiger partial charge in [-0.1, -0.05) is 12.1 Å². The smallest absolute Gasteiger partial charge is 0.306 e. The van der Waals surface area contributed by atoms with Gasteiger partial charge in [-0.3, -0.25) is 9.78 Å². The zero-order valence-corrected chi connectivity index (χ0v) is 17.1. The maximum absolute atomic E-state index is 12.4. The zero-order chi connectivity index (χ0) is 20.5. The number of nitrogens with zero attached hydrogens (tertiary/aromatic N) is 4. The first-order chi connectivity index (χ1) is 14.0. The highest BCUT2D eigenvalue weighted by molar-refractivity contribution is 6.06. The molecule has 7 nitrogen and oxygen atoms in total. The number of aromatic nitrogens is 1. The van der Waals surface area contributed by atoms with Gasteiger partial charge in [-0.05, 0) is 56.9 Å². The number of aliphatic hydroxyl groups is 1.